The molecule has 10 aromatic carbocycles. The fraction of sp³-hybridized carbons (Fsp3) is 0. The summed E-state index contributed by atoms with van der Waals surface area (Å²) in [6.07, 6.45) is 0. The number of furan rings is 2. The van der Waals surface area contributed by atoms with Crippen LogP contribution in [0.1, 0.15) is 0 Å². The summed E-state index contributed by atoms with van der Waals surface area (Å²) in [6, 6.07) is 75.8. The minimum Gasteiger partial charge on any atom is -0.456 e. The summed E-state index contributed by atoms with van der Waals surface area (Å²) >= 11 is 0. The molecule has 0 fully saturated rings. The van der Waals surface area contributed by atoms with Gasteiger partial charge < -0.3 is 13.7 Å². The third-order valence-corrected chi connectivity index (χ3v) is 11.8. The molecule has 0 atom stereocenters. The van der Waals surface area contributed by atoms with Crippen LogP contribution in [0.15, 0.2) is 221 Å². The number of benzene rings is 10. The monoisotopic (exact) mass is 753 g/mol. The van der Waals surface area contributed by atoms with Gasteiger partial charge in [0.15, 0.2) is 0 Å². The van der Waals surface area contributed by atoms with Crippen molar-refractivity contribution < 1.29 is 8.83 Å². The zero-order chi connectivity index (χ0) is 38.9. The maximum Gasteiger partial charge on any atom is 0.143 e. The second-order valence-electron chi connectivity index (χ2n) is 15.2. The SMILES string of the molecule is c1cc(-c2ccc(N(c3ccccc3-c3cccc4oc5ccccc5c34)c3cccc4oc5c6ccccc6ccc5c34)cc2)cc(-c2ccc3ccccc3c2)c1. The first-order valence-electron chi connectivity index (χ1n) is 20.1. The van der Waals surface area contributed by atoms with Crippen LogP contribution in [0.5, 0.6) is 0 Å². The molecule has 0 aliphatic heterocycles. The van der Waals surface area contributed by atoms with E-state index in [4.69, 9.17) is 8.83 Å². The zero-order valence-electron chi connectivity index (χ0n) is 32.0. The number of nitrogens with zero attached hydrogens (tertiary/aromatic N) is 1. The number of hydrogen-bond donors (Lipinski definition) is 0. The summed E-state index contributed by atoms with van der Waals surface area (Å²) in [6.45, 7) is 0. The van der Waals surface area contributed by atoms with Crippen LogP contribution in [0.2, 0.25) is 0 Å². The van der Waals surface area contributed by atoms with Crippen LogP contribution in [0.4, 0.5) is 17.1 Å². The molecule has 0 saturated carbocycles. The fourth-order valence-corrected chi connectivity index (χ4v) is 9.07. The molecule has 0 amide bonds. The van der Waals surface area contributed by atoms with Crippen molar-refractivity contribution in [2.75, 3.05) is 4.90 Å². The summed E-state index contributed by atoms with van der Waals surface area (Å²) in [5, 5.41) is 9.11. The molecule has 0 aliphatic carbocycles. The fourth-order valence-electron chi connectivity index (χ4n) is 9.07. The lowest BCUT2D eigenvalue weighted by atomic mass is 9.96. The second kappa shape index (κ2) is 13.4. The van der Waals surface area contributed by atoms with Gasteiger partial charge in [0.2, 0.25) is 0 Å². The standard InChI is InChI=1S/C56H35NO2/c1-2-14-39-35-42(27-26-36(39)12-1)41-16-9-15-40(34-41)37-28-31-43(32-29-37)57(50-22-11-25-53-55(50)48-33-30-38-13-3-4-17-44(38)56(48)59-53)49-21-7-5-18-45(49)46-20-10-24-52-54(46)47-19-6-8-23-51(47)58-52/h1-35H. The number of fused-ring (bicyclic) bond motifs is 9. The number of hydrogen-bond acceptors (Lipinski definition) is 3. The Morgan fingerprint density at radius 2 is 0.898 bits per heavy atom. The van der Waals surface area contributed by atoms with Crippen molar-refractivity contribution in [3.63, 3.8) is 0 Å². The first kappa shape index (κ1) is 33.3. The van der Waals surface area contributed by atoms with E-state index in [9.17, 15) is 0 Å². The van der Waals surface area contributed by atoms with Crippen molar-refractivity contribution in [3.8, 4) is 33.4 Å². The predicted octanol–water partition coefficient (Wildman–Crippen LogP) is 16.3. The zero-order valence-corrected chi connectivity index (χ0v) is 32.0. The predicted molar refractivity (Wildman–Crippen MR) is 247 cm³/mol. The molecule has 0 bridgehead atoms. The van der Waals surface area contributed by atoms with Crippen molar-refractivity contribution in [3.05, 3.63) is 212 Å². The van der Waals surface area contributed by atoms with E-state index in [1.54, 1.807) is 0 Å². The summed E-state index contributed by atoms with van der Waals surface area (Å²) in [4.78, 5) is 2.40. The van der Waals surface area contributed by atoms with E-state index in [0.717, 1.165) is 88.4 Å². The minimum absolute atomic E-state index is 0.849. The molecule has 59 heavy (non-hydrogen) atoms. The van der Waals surface area contributed by atoms with E-state index in [2.05, 4.69) is 205 Å². The number of para-hydroxylation sites is 2. The molecule has 12 aromatic rings. The van der Waals surface area contributed by atoms with E-state index in [1.807, 2.05) is 12.1 Å². The van der Waals surface area contributed by atoms with Crippen LogP contribution in [0.25, 0.3) is 98.8 Å². The molecule has 12 rings (SSSR count). The van der Waals surface area contributed by atoms with E-state index >= 15 is 0 Å². The Kier molecular flexibility index (Phi) is 7.54. The molecule has 0 aliphatic rings. The van der Waals surface area contributed by atoms with Crippen LogP contribution in [-0.2, 0) is 0 Å². The van der Waals surface area contributed by atoms with Gasteiger partial charge in [0.1, 0.15) is 22.3 Å². The Labute approximate surface area is 340 Å². The number of rotatable bonds is 6. The molecule has 0 radical (unpaired) electrons. The molecule has 0 spiro atoms. The van der Waals surface area contributed by atoms with Crippen LogP contribution < -0.4 is 4.90 Å². The van der Waals surface area contributed by atoms with Crippen molar-refractivity contribution in [2.24, 2.45) is 0 Å². The van der Waals surface area contributed by atoms with Crippen molar-refractivity contribution in [1.29, 1.82) is 0 Å². The molecular weight excluding hydrogens is 719 g/mol. The lowest BCUT2D eigenvalue weighted by molar-refractivity contribution is 0.669. The molecule has 276 valence electrons. The Balaban J connectivity index is 1.05. The third kappa shape index (κ3) is 5.44. The molecule has 0 N–H and O–H groups in total. The topological polar surface area (TPSA) is 29.5 Å². The highest BCUT2D eigenvalue weighted by Crippen LogP contribution is 2.48. The maximum absolute atomic E-state index is 6.75. The summed E-state index contributed by atoms with van der Waals surface area (Å²) in [5.41, 5.74) is 13.6. The largest absolute Gasteiger partial charge is 0.456 e. The van der Waals surface area contributed by atoms with Gasteiger partial charge in [-0.15, -0.1) is 0 Å². The molecule has 0 saturated heterocycles. The molecular formula is C56H35NO2. The average molecular weight is 754 g/mol. The smallest absolute Gasteiger partial charge is 0.143 e. The van der Waals surface area contributed by atoms with Gasteiger partial charge in [-0.05, 0) is 105 Å². The van der Waals surface area contributed by atoms with Crippen LogP contribution in [0, 0.1) is 0 Å². The average Bonchev–Trinajstić information content (AvgIpc) is 3.89. The molecule has 2 aromatic heterocycles. The van der Waals surface area contributed by atoms with E-state index in [0.29, 0.717) is 0 Å². The summed E-state index contributed by atoms with van der Waals surface area (Å²) in [7, 11) is 0. The lowest BCUT2D eigenvalue weighted by Crippen LogP contribution is -2.11. The second-order valence-corrected chi connectivity index (χ2v) is 15.2. The Morgan fingerprint density at radius 3 is 1.78 bits per heavy atom. The Hall–Kier alpha value is -7.88. The van der Waals surface area contributed by atoms with Gasteiger partial charge in [-0.3, -0.25) is 0 Å². The van der Waals surface area contributed by atoms with Gasteiger partial charge in [0.05, 0.1) is 16.8 Å². The van der Waals surface area contributed by atoms with E-state index in [1.165, 1.54) is 27.5 Å². The van der Waals surface area contributed by atoms with Gasteiger partial charge in [-0.25, -0.2) is 0 Å². The van der Waals surface area contributed by atoms with E-state index in [-0.39, 0.29) is 0 Å². The highest BCUT2D eigenvalue weighted by molar-refractivity contribution is 6.20. The Morgan fingerprint density at radius 1 is 0.305 bits per heavy atom. The van der Waals surface area contributed by atoms with Gasteiger partial charge in [-0.2, -0.15) is 0 Å². The molecule has 3 nitrogen and oxygen atoms in total. The van der Waals surface area contributed by atoms with Crippen LogP contribution >= 0.6 is 0 Å². The maximum atomic E-state index is 6.75. The lowest BCUT2D eigenvalue weighted by Gasteiger charge is -2.29. The summed E-state index contributed by atoms with van der Waals surface area (Å²) in [5.74, 6) is 0. The van der Waals surface area contributed by atoms with Gasteiger partial charge in [0, 0.05) is 32.8 Å². The summed E-state index contributed by atoms with van der Waals surface area (Å²) < 4.78 is 13.1. The molecule has 3 heteroatoms. The third-order valence-electron chi connectivity index (χ3n) is 11.8. The van der Waals surface area contributed by atoms with Crippen LogP contribution in [0.3, 0.4) is 0 Å². The first-order valence-corrected chi connectivity index (χ1v) is 20.1. The van der Waals surface area contributed by atoms with Crippen molar-refractivity contribution in [2.45, 2.75) is 0 Å². The number of anilines is 3. The quantitative estimate of drug-likeness (QED) is 0.169. The van der Waals surface area contributed by atoms with Crippen molar-refractivity contribution in [1.82, 2.24) is 0 Å². The molecule has 0 unspecified atom stereocenters. The normalized spacial score (nSPS) is 11.7. The highest BCUT2D eigenvalue weighted by Gasteiger charge is 2.24. The van der Waals surface area contributed by atoms with E-state index < -0.39 is 0 Å². The minimum atomic E-state index is 0.849. The van der Waals surface area contributed by atoms with Crippen molar-refractivity contribution >= 4 is 82.5 Å². The Bertz CT molecular complexity index is 3570. The first-order chi connectivity index (χ1) is 29.2. The van der Waals surface area contributed by atoms with Crippen LogP contribution in [-0.4, -0.2) is 0 Å². The highest BCUT2D eigenvalue weighted by atomic mass is 16.3. The van der Waals surface area contributed by atoms with Gasteiger partial charge in [-0.1, -0.05) is 152 Å². The van der Waals surface area contributed by atoms with Gasteiger partial charge in [0.25, 0.3) is 0 Å². The molecule has 2 heterocycles. The van der Waals surface area contributed by atoms with Gasteiger partial charge >= 0.3 is 0 Å².